The smallest absolute Gasteiger partial charge is 0.306 e. The van der Waals surface area contributed by atoms with Crippen LogP contribution < -0.4 is 15.4 Å². The molecule has 0 spiro atoms. The van der Waals surface area contributed by atoms with Crippen LogP contribution in [0.4, 0.5) is 4.39 Å². The first-order chi connectivity index (χ1) is 16.8. The van der Waals surface area contributed by atoms with E-state index >= 15 is 0 Å². The number of benzene rings is 2. The van der Waals surface area contributed by atoms with Crippen LogP contribution >= 0.6 is 22.9 Å². The topological polar surface area (TPSA) is 105 Å². The molecule has 1 aromatic heterocycles. The number of carboxylic acid groups (broad SMARTS) is 1. The van der Waals surface area contributed by atoms with Crippen molar-refractivity contribution < 1.29 is 28.6 Å². The monoisotopic (exact) mass is 518 g/mol. The van der Waals surface area contributed by atoms with Gasteiger partial charge in [-0.1, -0.05) is 17.7 Å². The van der Waals surface area contributed by atoms with E-state index in [-0.39, 0.29) is 36.6 Å². The van der Waals surface area contributed by atoms with E-state index in [0.717, 1.165) is 16.2 Å². The number of aliphatic carboxylic acids is 1. The van der Waals surface area contributed by atoms with E-state index in [9.17, 15) is 18.8 Å². The van der Waals surface area contributed by atoms with E-state index < -0.39 is 17.7 Å². The molecule has 2 aromatic carbocycles. The van der Waals surface area contributed by atoms with E-state index in [2.05, 4.69) is 10.6 Å². The lowest BCUT2D eigenvalue weighted by molar-refractivity contribution is -0.143. The van der Waals surface area contributed by atoms with Gasteiger partial charge in [0.25, 0.3) is 11.8 Å². The summed E-state index contributed by atoms with van der Waals surface area (Å²) in [7, 11) is 0. The van der Waals surface area contributed by atoms with Crippen LogP contribution in [-0.4, -0.2) is 42.1 Å². The van der Waals surface area contributed by atoms with Crippen LogP contribution in [0.3, 0.4) is 0 Å². The highest BCUT2D eigenvalue weighted by atomic mass is 35.5. The minimum absolute atomic E-state index is 0.125. The Morgan fingerprint density at radius 1 is 1.00 bits per heavy atom. The molecule has 4 rings (SSSR count). The molecule has 0 bridgehead atoms. The average Bonchev–Trinajstić information content (AvgIpc) is 3.25. The van der Waals surface area contributed by atoms with Crippen molar-refractivity contribution in [3.63, 3.8) is 0 Å². The summed E-state index contributed by atoms with van der Waals surface area (Å²) in [5.74, 6) is -2.42. The molecule has 1 fully saturated rings. The number of carboxylic acids is 1. The summed E-state index contributed by atoms with van der Waals surface area (Å²) >= 11 is 7.31. The maximum absolute atomic E-state index is 14.5. The molecule has 7 nitrogen and oxygen atoms in total. The van der Waals surface area contributed by atoms with E-state index in [1.165, 1.54) is 23.5 Å². The fraction of sp³-hybridized carbons (Fsp3) is 0.320. The number of hydrogen-bond donors (Lipinski definition) is 3. The Morgan fingerprint density at radius 2 is 1.71 bits per heavy atom. The van der Waals surface area contributed by atoms with E-state index in [1.807, 2.05) is 6.07 Å². The highest BCUT2D eigenvalue weighted by molar-refractivity contribution is 7.20. The van der Waals surface area contributed by atoms with Crippen LogP contribution in [0.15, 0.2) is 42.5 Å². The summed E-state index contributed by atoms with van der Waals surface area (Å²) in [6, 6.07) is 11.2. The van der Waals surface area contributed by atoms with Crippen LogP contribution in [-0.2, 0) is 4.79 Å². The molecular formula is C25H24ClFN2O5S. The van der Waals surface area contributed by atoms with Gasteiger partial charge in [-0.25, -0.2) is 4.39 Å². The van der Waals surface area contributed by atoms with Gasteiger partial charge >= 0.3 is 5.97 Å². The molecule has 3 N–H and O–H groups in total. The SMILES string of the molecule is O=C(NCCNC(=O)c1ccc(OC2CCC(C(=O)O)CC2)cc1F)c1cc2ccc(Cl)cc2s1. The van der Waals surface area contributed by atoms with Crippen molar-refractivity contribution in [3.05, 3.63) is 63.7 Å². The summed E-state index contributed by atoms with van der Waals surface area (Å²) in [5, 5.41) is 15.9. The minimum Gasteiger partial charge on any atom is -0.490 e. The van der Waals surface area contributed by atoms with E-state index in [1.54, 1.807) is 18.2 Å². The zero-order chi connectivity index (χ0) is 24.9. The molecule has 1 aliphatic carbocycles. The van der Waals surface area contributed by atoms with Gasteiger partial charge in [0.1, 0.15) is 11.6 Å². The first kappa shape index (κ1) is 24.9. The Labute approximate surface area is 210 Å². The molecular weight excluding hydrogens is 495 g/mol. The number of ether oxygens (including phenoxy) is 1. The van der Waals surface area contributed by atoms with Crippen molar-refractivity contribution in [1.29, 1.82) is 0 Å². The van der Waals surface area contributed by atoms with Crippen LogP contribution in [0, 0.1) is 11.7 Å². The van der Waals surface area contributed by atoms with Crippen LogP contribution in [0.1, 0.15) is 45.7 Å². The third-order valence-corrected chi connectivity index (χ3v) is 7.25. The number of halogens is 2. The van der Waals surface area contributed by atoms with Gasteiger partial charge in [0.2, 0.25) is 0 Å². The van der Waals surface area contributed by atoms with Crippen LogP contribution in [0.5, 0.6) is 5.75 Å². The number of carbonyl (C=O) groups is 3. The van der Waals surface area contributed by atoms with Gasteiger partial charge in [-0.2, -0.15) is 0 Å². The summed E-state index contributed by atoms with van der Waals surface area (Å²) in [5.41, 5.74) is -0.125. The summed E-state index contributed by atoms with van der Waals surface area (Å²) in [6.45, 7) is 0.313. The summed E-state index contributed by atoms with van der Waals surface area (Å²) < 4.78 is 21.2. The molecule has 1 heterocycles. The van der Waals surface area contributed by atoms with Crippen molar-refractivity contribution >= 4 is 50.8 Å². The van der Waals surface area contributed by atoms with Gasteiger partial charge in [0.05, 0.1) is 22.5 Å². The average molecular weight is 519 g/mol. The third kappa shape index (κ3) is 6.29. The Balaban J connectivity index is 1.23. The number of nitrogens with one attached hydrogen (secondary N) is 2. The maximum atomic E-state index is 14.5. The van der Waals surface area contributed by atoms with E-state index in [0.29, 0.717) is 41.3 Å². The summed E-state index contributed by atoms with van der Waals surface area (Å²) in [4.78, 5) is 36.3. The third-order valence-electron chi connectivity index (χ3n) is 5.91. The van der Waals surface area contributed by atoms with Gasteiger partial charge in [-0.15, -0.1) is 11.3 Å². The van der Waals surface area contributed by atoms with Gasteiger partial charge < -0.3 is 20.5 Å². The molecule has 0 unspecified atom stereocenters. The van der Waals surface area contributed by atoms with Crippen LogP contribution in [0.2, 0.25) is 5.02 Å². The van der Waals surface area contributed by atoms with Crippen LogP contribution in [0.25, 0.3) is 10.1 Å². The van der Waals surface area contributed by atoms with Gasteiger partial charge in [0.15, 0.2) is 0 Å². The fourth-order valence-electron chi connectivity index (χ4n) is 4.02. The molecule has 0 atom stereocenters. The van der Waals surface area contributed by atoms with E-state index in [4.69, 9.17) is 21.4 Å². The number of hydrogen-bond acceptors (Lipinski definition) is 5. The minimum atomic E-state index is -0.796. The van der Waals surface area contributed by atoms with Crippen molar-refractivity contribution in [2.24, 2.45) is 5.92 Å². The first-order valence-electron chi connectivity index (χ1n) is 11.2. The van der Waals surface area contributed by atoms with Crippen molar-refractivity contribution in [1.82, 2.24) is 10.6 Å². The normalized spacial score (nSPS) is 17.7. The number of thiophene rings is 1. The highest BCUT2D eigenvalue weighted by Gasteiger charge is 2.27. The quantitative estimate of drug-likeness (QED) is 0.369. The summed E-state index contributed by atoms with van der Waals surface area (Å²) in [6.07, 6.45) is 2.04. The lowest BCUT2D eigenvalue weighted by atomic mass is 9.87. The largest absolute Gasteiger partial charge is 0.490 e. The molecule has 35 heavy (non-hydrogen) atoms. The standard InChI is InChI=1S/C25H24ClFN2O5S/c26-16-4-1-15-11-22(35-21(15)12-16)24(31)29-10-9-28-23(30)19-8-7-18(13-20(19)27)34-17-5-2-14(3-6-17)25(32)33/h1,4,7-8,11-14,17H,2-3,5-6,9-10H2,(H,28,30)(H,29,31)(H,32,33). The van der Waals surface area contributed by atoms with Crippen molar-refractivity contribution in [3.8, 4) is 5.75 Å². The molecule has 0 aliphatic heterocycles. The van der Waals surface area contributed by atoms with Crippen molar-refractivity contribution in [2.75, 3.05) is 13.1 Å². The molecule has 1 aliphatic rings. The number of rotatable bonds is 8. The zero-order valence-electron chi connectivity index (χ0n) is 18.7. The molecule has 2 amide bonds. The van der Waals surface area contributed by atoms with Gasteiger partial charge in [-0.3, -0.25) is 14.4 Å². The number of fused-ring (bicyclic) bond motifs is 1. The van der Waals surface area contributed by atoms with Gasteiger partial charge in [-0.05, 0) is 61.4 Å². The second-order valence-corrected chi connectivity index (χ2v) is 9.90. The lowest BCUT2D eigenvalue weighted by Gasteiger charge is -2.26. The molecule has 184 valence electrons. The molecule has 0 radical (unpaired) electrons. The molecule has 1 saturated carbocycles. The zero-order valence-corrected chi connectivity index (χ0v) is 20.3. The number of amides is 2. The van der Waals surface area contributed by atoms with Crippen molar-refractivity contribution in [2.45, 2.75) is 31.8 Å². The predicted octanol–water partition coefficient (Wildman–Crippen LogP) is 4.88. The lowest BCUT2D eigenvalue weighted by Crippen LogP contribution is -2.34. The fourth-order valence-corrected chi connectivity index (χ4v) is 5.28. The second kappa shape index (κ2) is 11.0. The predicted molar refractivity (Wildman–Crippen MR) is 132 cm³/mol. The second-order valence-electron chi connectivity index (χ2n) is 8.38. The first-order valence-corrected chi connectivity index (χ1v) is 12.4. The maximum Gasteiger partial charge on any atom is 0.306 e. The highest BCUT2D eigenvalue weighted by Crippen LogP contribution is 2.29. The molecule has 0 saturated heterocycles. The number of carbonyl (C=O) groups excluding carboxylic acids is 2. The molecule has 10 heteroatoms. The Hall–Kier alpha value is -3.17. The molecule has 3 aromatic rings. The Morgan fingerprint density at radius 3 is 2.40 bits per heavy atom. The van der Waals surface area contributed by atoms with Gasteiger partial charge in [0, 0.05) is 28.9 Å². The Kier molecular flexibility index (Phi) is 7.87. The Bertz CT molecular complexity index is 1260.